The van der Waals surface area contributed by atoms with Gasteiger partial charge in [-0.2, -0.15) is 5.10 Å². The molecular formula is C24H30N4O3. The molecular weight excluding hydrogens is 392 g/mol. The zero-order valence-electron chi connectivity index (χ0n) is 19.0. The van der Waals surface area contributed by atoms with E-state index in [1.54, 1.807) is 14.2 Å². The Morgan fingerprint density at radius 3 is 2.42 bits per heavy atom. The molecule has 0 bridgehead atoms. The lowest BCUT2D eigenvalue weighted by molar-refractivity contribution is -0.117. The summed E-state index contributed by atoms with van der Waals surface area (Å²) >= 11 is 0. The number of hydrogen-bond donors (Lipinski definition) is 1. The number of para-hydroxylation sites is 1. The van der Waals surface area contributed by atoms with E-state index in [1.807, 2.05) is 79.9 Å². The summed E-state index contributed by atoms with van der Waals surface area (Å²) in [6, 6.07) is 13.9. The van der Waals surface area contributed by atoms with Crippen LogP contribution in [0, 0.1) is 20.8 Å². The Labute approximate surface area is 183 Å². The average molecular weight is 423 g/mol. The summed E-state index contributed by atoms with van der Waals surface area (Å²) in [5, 5.41) is 7.64. The molecule has 0 aliphatic carbocycles. The van der Waals surface area contributed by atoms with Crippen molar-refractivity contribution < 1.29 is 14.3 Å². The van der Waals surface area contributed by atoms with Gasteiger partial charge in [-0.25, -0.2) is 4.68 Å². The van der Waals surface area contributed by atoms with E-state index < -0.39 is 0 Å². The van der Waals surface area contributed by atoms with Crippen molar-refractivity contribution in [3.63, 3.8) is 0 Å². The molecule has 3 aromatic rings. The number of aromatic nitrogens is 2. The van der Waals surface area contributed by atoms with Crippen LogP contribution in [-0.2, 0) is 11.3 Å². The summed E-state index contributed by atoms with van der Waals surface area (Å²) in [6.07, 6.45) is 0. The van der Waals surface area contributed by atoms with Crippen LogP contribution in [0.5, 0.6) is 11.5 Å². The molecule has 7 heteroatoms. The molecule has 0 aliphatic rings. The predicted molar refractivity (Wildman–Crippen MR) is 122 cm³/mol. The Hall–Kier alpha value is -3.32. The minimum atomic E-state index is -0.0981. The smallest absolute Gasteiger partial charge is 0.238 e. The number of amides is 1. The Balaban J connectivity index is 1.69. The van der Waals surface area contributed by atoms with Crippen molar-refractivity contribution in [1.29, 1.82) is 0 Å². The second-order valence-electron chi connectivity index (χ2n) is 7.67. The number of anilines is 1. The van der Waals surface area contributed by atoms with Crippen LogP contribution < -0.4 is 14.8 Å². The normalized spacial score (nSPS) is 10.9. The summed E-state index contributed by atoms with van der Waals surface area (Å²) in [5.74, 6) is 1.26. The molecule has 0 aliphatic heterocycles. The largest absolute Gasteiger partial charge is 0.493 e. The van der Waals surface area contributed by atoms with E-state index in [0.29, 0.717) is 18.0 Å². The fourth-order valence-electron chi connectivity index (χ4n) is 3.61. The van der Waals surface area contributed by atoms with Crippen LogP contribution in [0.4, 0.5) is 5.69 Å². The van der Waals surface area contributed by atoms with Crippen LogP contribution in [0.15, 0.2) is 42.5 Å². The molecule has 0 saturated carbocycles. The van der Waals surface area contributed by atoms with Gasteiger partial charge in [0.25, 0.3) is 0 Å². The Kier molecular flexibility index (Phi) is 6.97. The molecule has 0 radical (unpaired) electrons. The number of nitrogens with one attached hydrogen (secondary N) is 1. The molecule has 1 heterocycles. The van der Waals surface area contributed by atoms with Gasteiger partial charge in [0.1, 0.15) is 0 Å². The standard InChI is InChI=1S/C24H30N4O3/c1-16-10-12-20(13-11-16)28-18(3)23(17(2)26-28)25-22(29)15-27(4)14-19-8-7-9-21(30-5)24(19)31-6/h7-13H,14-15H2,1-6H3,(H,25,29). The number of carbonyl (C=O) groups excluding carboxylic acids is 1. The fraction of sp³-hybridized carbons (Fsp3) is 0.333. The van der Waals surface area contributed by atoms with Crippen LogP contribution in [-0.4, -0.2) is 48.4 Å². The third-order valence-electron chi connectivity index (χ3n) is 5.17. The van der Waals surface area contributed by atoms with Crippen LogP contribution in [0.2, 0.25) is 0 Å². The van der Waals surface area contributed by atoms with Crippen LogP contribution >= 0.6 is 0 Å². The minimum absolute atomic E-state index is 0.0981. The minimum Gasteiger partial charge on any atom is -0.493 e. The van der Waals surface area contributed by atoms with Gasteiger partial charge in [0, 0.05) is 12.1 Å². The summed E-state index contributed by atoms with van der Waals surface area (Å²) in [6.45, 7) is 6.69. The molecule has 1 aromatic heterocycles. The number of ether oxygens (including phenoxy) is 2. The maximum atomic E-state index is 12.7. The quantitative estimate of drug-likeness (QED) is 0.597. The first-order valence-electron chi connectivity index (χ1n) is 10.2. The van der Waals surface area contributed by atoms with Crippen LogP contribution in [0.3, 0.4) is 0 Å². The molecule has 31 heavy (non-hydrogen) atoms. The van der Waals surface area contributed by atoms with E-state index in [9.17, 15) is 4.79 Å². The third-order valence-corrected chi connectivity index (χ3v) is 5.17. The van der Waals surface area contributed by atoms with Crippen molar-refractivity contribution in [1.82, 2.24) is 14.7 Å². The van der Waals surface area contributed by atoms with Crippen molar-refractivity contribution in [3.8, 4) is 17.2 Å². The number of benzene rings is 2. The number of carbonyl (C=O) groups is 1. The van der Waals surface area contributed by atoms with Crippen molar-refractivity contribution in [2.75, 3.05) is 33.1 Å². The highest BCUT2D eigenvalue weighted by molar-refractivity contribution is 5.93. The van der Waals surface area contributed by atoms with Crippen molar-refractivity contribution >= 4 is 11.6 Å². The highest BCUT2D eigenvalue weighted by atomic mass is 16.5. The highest BCUT2D eigenvalue weighted by Crippen LogP contribution is 2.31. The lowest BCUT2D eigenvalue weighted by Gasteiger charge is -2.19. The SMILES string of the molecule is COc1cccc(CN(C)CC(=O)Nc2c(C)nn(-c3ccc(C)cc3)c2C)c1OC. The average Bonchev–Trinajstić information content (AvgIpc) is 3.02. The van der Waals surface area contributed by atoms with Gasteiger partial charge in [-0.1, -0.05) is 29.8 Å². The first kappa shape index (κ1) is 22.4. The Bertz CT molecular complexity index is 1060. The fourth-order valence-corrected chi connectivity index (χ4v) is 3.61. The molecule has 3 rings (SSSR count). The predicted octanol–water partition coefficient (Wildman–Crippen LogP) is 3.89. The summed E-state index contributed by atoms with van der Waals surface area (Å²) in [7, 11) is 5.12. The molecule has 0 spiro atoms. The number of likely N-dealkylation sites (N-methyl/N-ethyl adjacent to an activating group) is 1. The molecule has 1 amide bonds. The van der Waals surface area contributed by atoms with E-state index in [1.165, 1.54) is 5.56 Å². The molecule has 7 nitrogen and oxygen atoms in total. The zero-order valence-corrected chi connectivity index (χ0v) is 19.0. The van der Waals surface area contributed by atoms with Gasteiger partial charge >= 0.3 is 0 Å². The third kappa shape index (κ3) is 5.06. The Morgan fingerprint density at radius 1 is 1.06 bits per heavy atom. The first-order chi connectivity index (χ1) is 14.8. The molecule has 0 unspecified atom stereocenters. The molecule has 0 saturated heterocycles. The maximum absolute atomic E-state index is 12.7. The number of nitrogens with zero attached hydrogens (tertiary/aromatic N) is 3. The summed E-state index contributed by atoms with van der Waals surface area (Å²) < 4.78 is 12.7. The maximum Gasteiger partial charge on any atom is 0.238 e. The zero-order chi connectivity index (χ0) is 22.5. The molecule has 0 atom stereocenters. The van der Waals surface area contributed by atoms with Crippen LogP contribution in [0.25, 0.3) is 5.69 Å². The van der Waals surface area contributed by atoms with Crippen molar-refractivity contribution in [2.24, 2.45) is 0 Å². The summed E-state index contributed by atoms with van der Waals surface area (Å²) in [5.41, 5.74) is 5.54. The lowest BCUT2D eigenvalue weighted by atomic mass is 10.1. The number of rotatable bonds is 8. The van der Waals surface area contributed by atoms with Gasteiger partial charge in [0.05, 0.1) is 43.5 Å². The number of methoxy groups -OCH3 is 2. The highest BCUT2D eigenvalue weighted by Gasteiger charge is 2.17. The molecule has 1 N–H and O–H groups in total. The number of aryl methyl sites for hydroxylation is 2. The summed E-state index contributed by atoms with van der Waals surface area (Å²) in [4.78, 5) is 14.7. The van der Waals surface area contributed by atoms with E-state index >= 15 is 0 Å². The molecule has 0 fully saturated rings. The van der Waals surface area contributed by atoms with Gasteiger partial charge in [-0.15, -0.1) is 0 Å². The van der Waals surface area contributed by atoms with E-state index in [-0.39, 0.29) is 12.5 Å². The molecule has 2 aromatic carbocycles. The van der Waals surface area contributed by atoms with Crippen LogP contribution in [0.1, 0.15) is 22.5 Å². The topological polar surface area (TPSA) is 68.6 Å². The van der Waals surface area contributed by atoms with Gasteiger partial charge in [-0.05, 0) is 46.0 Å². The van der Waals surface area contributed by atoms with Gasteiger partial charge in [0.15, 0.2) is 11.5 Å². The monoisotopic (exact) mass is 422 g/mol. The van der Waals surface area contributed by atoms with E-state index in [4.69, 9.17) is 9.47 Å². The second kappa shape index (κ2) is 9.66. The van der Waals surface area contributed by atoms with Gasteiger partial charge < -0.3 is 14.8 Å². The molecule has 164 valence electrons. The van der Waals surface area contributed by atoms with E-state index in [2.05, 4.69) is 10.4 Å². The lowest BCUT2D eigenvalue weighted by Crippen LogP contribution is -2.30. The number of hydrogen-bond acceptors (Lipinski definition) is 5. The first-order valence-corrected chi connectivity index (χ1v) is 10.2. The Morgan fingerprint density at radius 2 is 1.77 bits per heavy atom. The van der Waals surface area contributed by atoms with E-state index in [0.717, 1.165) is 28.3 Å². The van der Waals surface area contributed by atoms with Gasteiger partial charge in [0.2, 0.25) is 5.91 Å². The van der Waals surface area contributed by atoms with Crippen molar-refractivity contribution in [2.45, 2.75) is 27.3 Å². The second-order valence-corrected chi connectivity index (χ2v) is 7.67. The van der Waals surface area contributed by atoms with Crippen molar-refractivity contribution in [3.05, 3.63) is 65.0 Å². The van der Waals surface area contributed by atoms with Gasteiger partial charge in [-0.3, -0.25) is 9.69 Å².